The van der Waals surface area contributed by atoms with Crippen LogP contribution >= 0.6 is 0 Å². The van der Waals surface area contributed by atoms with Crippen molar-refractivity contribution in [3.05, 3.63) is 0 Å². The number of carboxylic acids is 1. The van der Waals surface area contributed by atoms with Gasteiger partial charge in [-0.25, -0.2) is 0 Å². The van der Waals surface area contributed by atoms with E-state index in [1.165, 1.54) is 0 Å². The van der Waals surface area contributed by atoms with E-state index < -0.39 is 5.97 Å². The molecule has 0 bridgehead atoms. The lowest BCUT2D eigenvalue weighted by molar-refractivity contribution is -0.137. The fourth-order valence-corrected chi connectivity index (χ4v) is 1.85. The van der Waals surface area contributed by atoms with Crippen LogP contribution in [0.5, 0.6) is 0 Å². The summed E-state index contributed by atoms with van der Waals surface area (Å²) in [7, 11) is 0. The van der Waals surface area contributed by atoms with Crippen LogP contribution in [-0.2, 0) is 9.59 Å². The SMILES string of the molecule is CCCC(CCO)CNC(=O)CCCCC(=O)O. The highest BCUT2D eigenvalue weighted by Gasteiger charge is 2.09. The topological polar surface area (TPSA) is 86.6 Å². The lowest BCUT2D eigenvalue weighted by Gasteiger charge is -2.15. The molecule has 0 aromatic heterocycles. The van der Waals surface area contributed by atoms with Gasteiger partial charge in [0.25, 0.3) is 0 Å². The smallest absolute Gasteiger partial charge is 0.303 e. The number of rotatable bonds is 11. The molecule has 0 rings (SSSR count). The van der Waals surface area contributed by atoms with Gasteiger partial charge in [-0.05, 0) is 31.6 Å². The fraction of sp³-hybridized carbons (Fsp3) is 0.846. The van der Waals surface area contributed by atoms with Crippen molar-refractivity contribution in [3.8, 4) is 0 Å². The Morgan fingerprint density at radius 3 is 2.39 bits per heavy atom. The summed E-state index contributed by atoms with van der Waals surface area (Å²) in [6.07, 6.45) is 4.40. The molecule has 5 heteroatoms. The normalized spacial score (nSPS) is 12.1. The highest BCUT2D eigenvalue weighted by atomic mass is 16.4. The second kappa shape index (κ2) is 11.0. The number of nitrogens with one attached hydrogen (secondary N) is 1. The van der Waals surface area contributed by atoms with Gasteiger partial charge in [0.15, 0.2) is 0 Å². The monoisotopic (exact) mass is 259 g/mol. The third-order valence-electron chi connectivity index (χ3n) is 2.87. The maximum Gasteiger partial charge on any atom is 0.303 e. The first kappa shape index (κ1) is 16.9. The van der Waals surface area contributed by atoms with Gasteiger partial charge in [0.05, 0.1) is 0 Å². The first-order chi connectivity index (χ1) is 8.60. The number of carboxylic acid groups (broad SMARTS) is 1. The molecule has 5 nitrogen and oxygen atoms in total. The first-order valence-corrected chi connectivity index (χ1v) is 6.69. The van der Waals surface area contributed by atoms with Gasteiger partial charge in [-0.1, -0.05) is 13.3 Å². The zero-order chi connectivity index (χ0) is 13.8. The van der Waals surface area contributed by atoms with Crippen molar-refractivity contribution in [2.75, 3.05) is 13.2 Å². The van der Waals surface area contributed by atoms with Gasteiger partial charge in [0.2, 0.25) is 5.91 Å². The molecule has 0 aromatic carbocycles. The lowest BCUT2D eigenvalue weighted by Crippen LogP contribution is -2.29. The van der Waals surface area contributed by atoms with Gasteiger partial charge in [-0.2, -0.15) is 0 Å². The average Bonchev–Trinajstić information content (AvgIpc) is 2.32. The first-order valence-electron chi connectivity index (χ1n) is 6.69. The molecule has 3 N–H and O–H groups in total. The van der Waals surface area contributed by atoms with E-state index in [0.29, 0.717) is 38.1 Å². The lowest BCUT2D eigenvalue weighted by atomic mass is 10.0. The Balaban J connectivity index is 3.63. The molecule has 18 heavy (non-hydrogen) atoms. The van der Waals surface area contributed by atoms with Crippen molar-refractivity contribution in [3.63, 3.8) is 0 Å². The van der Waals surface area contributed by atoms with Crippen LogP contribution < -0.4 is 5.32 Å². The largest absolute Gasteiger partial charge is 0.481 e. The highest BCUT2D eigenvalue weighted by molar-refractivity contribution is 5.75. The summed E-state index contributed by atoms with van der Waals surface area (Å²) in [4.78, 5) is 21.8. The van der Waals surface area contributed by atoms with Gasteiger partial charge in [0, 0.05) is 26.0 Å². The van der Waals surface area contributed by atoms with Crippen molar-refractivity contribution in [2.45, 2.75) is 51.9 Å². The minimum absolute atomic E-state index is 0.0283. The number of hydrogen-bond acceptors (Lipinski definition) is 3. The van der Waals surface area contributed by atoms with Crippen molar-refractivity contribution in [2.24, 2.45) is 5.92 Å². The molecule has 0 spiro atoms. The van der Waals surface area contributed by atoms with Crippen LogP contribution in [0, 0.1) is 5.92 Å². The van der Waals surface area contributed by atoms with Gasteiger partial charge in [0.1, 0.15) is 0 Å². The molecule has 0 fully saturated rings. The molecule has 0 aliphatic rings. The quantitative estimate of drug-likeness (QED) is 0.491. The van der Waals surface area contributed by atoms with Crippen LogP contribution in [0.4, 0.5) is 0 Å². The van der Waals surface area contributed by atoms with Gasteiger partial charge < -0.3 is 15.5 Å². The second-order valence-electron chi connectivity index (χ2n) is 4.57. The third kappa shape index (κ3) is 10.1. The standard InChI is InChI=1S/C13H25NO4/c1-2-5-11(8-9-15)10-14-12(16)6-3-4-7-13(17)18/h11,15H,2-10H2,1H3,(H,14,16)(H,17,18). The molecule has 0 aliphatic heterocycles. The van der Waals surface area contributed by atoms with E-state index in [1.807, 2.05) is 0 Å². The summed E-state index contributed by atoms with van der Waals surface area (Å²) in [5.74, 6) is -0.510. The predicted octanol–water partition coefficient (Wildman–Crippen LogP) is 1.55. The van der Waals surface area contributed by atoms with Crippen LogP contribution in [0.3, 0.4) is 0 Å². The third-order valence-corrected chi connectivity index (χ3v) is 2.87. The molecule has 0 aliphatic carbocycles. The minimum atomic E-state index is -0.818. The zero-order valence-corrected chi connectivity index (χ0v) is 11.2. The summed E-state index contributed by atoms with van der Waals surface area (Å²) >= 11 is 0. The van der Waals surface area contributed by atoms with Crippen LogP contribution in [0.2, 0.25) is 0 Å². The Labute approximate surface area is 109 Å². The van der Waals surface area contributed by atoms with Crippen molar-refractivity contribution < 1.29 is 19.8 Å². The number of unbranched alkanes of at least 4 members (excludes halogenated alkanes) is 1. The Hall–Kier alpha value is -1.10. The molecule has 0 aromatic rings. The molecular weight excluding hydrogens is 234 g/mol. The highest BCUT2D eigenvalue weighted by Crippen LogP contribution is 2.09. The van der Waals surface area contributed by atoms with Crippen molar-refractivity contribution in [1.82, 2.24) is 5.32 Å². The second-order valence-corrected chi connectivity index (χ2v) is 4.57. The number of carbonyl (C=O) groups is 2. The number of aliphatic carboxylic acids is 1. The zero-order valence-electron chi connectivity index (χ0n) is 11.2. The Kier molecular flexibility index (Phi) is 10.3. The fourth-order valence-electron chi connectivity index (χ4n) is 1.85. The maximum atomic E-state index is 11.5. The predicted molar refractivity (Wildman–Crippen MR) is 69.2 cm³/mol. The molecular formula is C13H25NO4. The Morgan fingerprint density at radius 2 is 1.83 bits per heavy atom. The van der Waals surface area contributed by atoms with Gasteiger partial charge in [-0.15, -0.1) is 0 Å². The van der Waals surface area contributed by atoms with Gasteiger partial charge >= 0.3 is 5.97 Å². The van der Waals surface area contributed by atoms with E-state index in [9.17, 15) is 9.59 Å². The van der Waals surface area contributed by atoms with Crippen LogP contribution in [0.15, 0.2) is 0 Å². The number of aliphatic hydroxyl groups excluding tert-OH is 1. The molecule has 0 heterocycles. The average molecular weight is 259 g/mol. The number of amides is 1. The minimum Gasteiger partial charge on any atom is -0.481 e. The van der Waals surface area contributed by atoms with E-state index in [1.54, 1.807) is 0 Å². The molecule has 106 valence electrons. The molecule has 1 amide bonds. The van der Waals surface area contributed by atoms with Crippen molar-refractivity contribution in [1.29, 1.82) is 0 Å². The molecule has 0 saturated heterocycles. The number of aliphatic hydroxyl groups is 1. The van der Waals surface area contributed by atoms with E-state index in [2.05, 4.69) is 12.2 Å². The Bertz CT molecular complexity index is 237. The van der Waals surface area contributed by atoms with Gasteiger partial charge in [-0.3, -0.25) is 9.59 Å². The summed E-state index contributed by atoms with van der Waals surface area (Å²) in [6, 6.07) is 0. The van der Waals surface area contributed by atoms with Crippen LogP contribution in [-0.4, -0.2) is 35.2 Å². The van der Waals surface area contributed by atoms with Crippen molar-refractivity contribution >= 4 is 11.9 Å². The summed E-state index contributed by atoms with van der Waals surface area (Å²) in [6.45, 7) is 2.84. The number of hydrogen-bond donors (Lipinski definition) is 3. The van der Waals surface area contributed by atoms with Crippen LogP contribution in [0.1, 0.15) is 51.9 Å². The summed E-state index contributed by atoms with van der Waals surface area (Å²) < 4.78 is 0. The molecule has 1 unspecified atom stereocenters. The molecule has 0 radical (unpaired) electrons. The van der Waals surface area contributed by atoms with E-state index in [0.717, 1.165) is 12.8 Å². The molecule has 1 atom stereocenters. The van der Waals surface area contributed by atoms with Crippen LogP contribution in [0.25, 0.3) is 0 Å². The summed E-state index contributed by atoms with van der Waals surface area (Å²) in [5.41, 5.74) is 0. The summed E-state index contributed by atoms with van der Waals surface area (Å²) in [5, 5.41) is 20.2. The van der Waals surface area contributed by atoms with E-state index in [4.69, 9.17) is 10.2 Å². The van der Waals surface area contributed by atoms with E-state index in [-0.39, 0.29) is 18.9 Å². The number of carbonyl (C=O) groups excluding carboxylic acids is 1. The molecule has 0 saturated carbocycles. The Morgan fingerprint density at radius 1 is 1.17 bits per heavy atom. The van der Waals surface area contributed by atoms with E-state index >= 15 is 0 Å². The maximum absolute atomic E-state index is 11.5.